The summed E-state index contributed by atoms with van der Waals surface area (Å²) >= 11 is 0. The zero-order valence-electron chi connectivity index (χ0n) is 11.9. The van der Waals surface area contributed by atoms with Crippen LogP contribution in [0.1, 0.15) is 19.4 Å². The fraction of sp³-hybridized carbons (Fsp3) is 0.294. The first-order valence-corrected chi connectivity index (χ1v) is 6.88. The largest absolute Gasteiger partial charge is 0.454 e. The van der Waals surface area contributed by atoms with Crippen LogP contribution in [-0.2, 0) is 6.54 Å². The Hall–Kier alpha value is -1.87. The minimum atomic E-state index is -0.350. The molecule has 0 spiro atoms. The van der Waals surface area contributed by atoms with Gasteiger partial charge in [0.2, 0.25) is 0 Å². The predicted molar refractivity (Wildman–Crippen MR) is 79.5 cm³/mol. The molecule has 0 heterocycles. The van der Waals surface area contributed by atoms with Crippen molar-refractivity contribution >= 4 is 0 Å². The van der Waals surface area contributed by atoms with E-state index < -0.39 is 0 Å². The average Bonchev–Trinajstić information content (AvgIpc) is 2.43. The van der Waals surface area contributed by atoms with E-state index >= 15 is 0 Å². The van der Waals surface area contributed by atoms with Crippen LogP contribution < -0.4 is 10.1 Å². The number of hydrogen-bond donors (Lipinski definition) is 1. The number of para-hydroxylation sites is 2. The lowest BCUT2D eigenvalue weighted by molar-refractivity contribution is 0.434. The maximum atomic E-state index is 13.6. The molecule has 0 bridgehead atoms. The van der Waals surface area contributed by atoms with Gasteiger partial charge in [-0.2, -0.15) is 0 Å². The quantitative estimate of drug-likeness (QED) is 0.844. The minimum Gasteiger partial charge on any atom is -0.454 e. The Balaban J connectivity index is 2.10. The molecule has 2 rings (SSSR count). The van der Waals surface area contributed by atoms with Gasteiger partial charge in [0.05, 0.1) is 0 Å². The first-order chi connectivity index (χ1) is 9.66. The third kappa shape index (κ3) is 4.07. The molecule has 0 aliphatic rings. The fourth-order valence-electron chi connectivity index (χ4n) is 1.89. The summed E-state index contributed by atoms with van der Waals surface area (Å²) in [4.78, 5) is 0. The van der Waals surface area contributed by atoms with E-state index in [4.69, 9.17) is 4.74 Å². The Morgan fingerprint density at radius 3 is 2.35 bits per heavy atom. The van der Waals surface area contributed by atoms with Crippen LogP contribution >= 0.6 is 0 Å². The lowest BCUT2D eigenvalue weighted by atomic mass is 10.2. The molecule has 0 radical (unpaired) electrons. The maximum Gasteiger partial charge on any atom is 0.165 e. The highest BCUT2D eigenvalue weighted by Crippen LogP contribution is 2.27. The minimum absolute atomic E-state index is 0.254. The van der Waals surface area contributed by atoms with Gasteiger partial charge in [0, 0.05) is 12.1 Å². The summed E-state index contributed by atoms with van der Waals surface area (Å²) in [5.41, 5.74) is 1.02. The molecular formula is C17H20FNO. The molecule has 0 saturated heterocycles. The molecule has 20 heavy (non-hydrogen) atoms. The first-order valence-electron chi connectivity index (χ1n) is 6.88. The highest BCUT2D eigenvalue weighted by atomic mass is 19.1. The summed E-state index contributed by atoms with van der Waals surface area (Å²) in [7, 11) is 0. The second kappa shape index (κ2) is 7.06. The Kier molecular flexibility index (Phi) is 5.13. The number of halogens is 1. The SMILES string of the molecule is CC(C)CNCc1ccccc1Oc1ccccc1F. The van der Waals surface area contributed by atoms with Gasteiger partial charge in [-0.25, -0.2) is 4.39 Å². The van der Waals surface area contributed by atoms with Crippen molar-refractivity contribution in [3.05, 3.63) is 59.9 Å². The molecule has 0 aromatic heterocycles. The van der Waals surface area contributed by atoms with E-state index in [2.05, 4.69) is 19.2 Å². The monoisotopic (exact) mass is 273 g/mol. The van der Waals surface area contributed by atoms with E-state index in [1.54, 1.807) is 18.2 Å². The van der Waals surface area contributed by atoms with Crippen molar-refractivity contribution in [3.8, 4) is 11.5 Å². The molecule has 2 aromatic rings. The first kappa shape index (κ1) is 14.5. The molecule has 1 N–H and O–H groups in total. The van der Waals surface area contributed by atoms with Gasteiger partial charge in [0.15, 0.2) is 11.6 Å². The van der Waals surface area contributed by atoms with E-state index in [0.29, 0.717) is 18.2 Å². The highest BCUT2D eigenvalue weighted by Gasteiger charge is 2.07. The number of ether oxygens (including phenoxy) is 1. The zero-order chi connectivity index (χ0) is 14.4. The molecule has 0 aliphatic carbocycles. The van der Waals surface area contributed by atoms with Crippen LogP contribution in [0.4, 0.5) is 4.39 Å². The Labute approximate surface area is 119 Å². The summed E-state index contributed by atoms with van der Waals surface area (Å²) in [5.74, 6) is 1.18. The third-order valence-electron chi connectivity index (χ3n) is 2.90. The zero-order valence-corrected chi connectivity index (χ0v) is 11.9. The van der Waals surface area contributed by atoms with E-state index in [0.717, 1.165) is 12.1 Å². The van der Waals surface area contributed by atoms with Gasteiger partial charge in [-0.3, -0.25) is 0 Å². The smallest absolute Gasteiger partial charge is 0.165 e. The Morgan fingerprint density at radius 1 is 1.00 bits per heavy atom. The second-order valence-electron chi connectivity index (χ2n) is 5.16. The summed E-state index contributed by atoms with van der Waals surface area (Å²) in [6, 6.07) is 14.1. The highest BCUT2D eigenvalue weighted by molar-refractivity contribution is 5.38. The lowest BCUT2D eigenvalue weighted by Crippen LogP contribution is -2.19. The average molecular weight is 273 g/mol. The van der Waals surface area contributed by atoms with Crippen LogP contribution in [0.25, 0.3) is 0 Å². The van der Waals surface area contributed by atoms with Crippen molar-refractivity contribution in [2.75, 3.05) is 6.54 Å². The van der Waals surface area contributed by atoms with Gasteiger partial charge < -0.3 is 10.1 Å². The van der Waals surface area contributed by atoms with Gasteiger partial charge >= 0.3 is 0 Å². The molecule has 2 nitrogen and oxygen atoms in total. The normalized spacial score (nSPS) is 10.8. The topological polar surface area (TPSA) is 21.3 Å². The molecule has 3 heteroatoms. The van der Waals surface area contributed by atoms with Crippen LogP contribution in [-0.4, -0.2) is 6.54 Å². The van der Waals surface area contributed by atoms with E-state index in [1.807, 2.05) is 24.3 Å². The molecule has 0 fully saturated rings. The fourth-order valence-corrected chi connectivity index (χ4v) is 1.89. The number of hydrogen-bond acceptors (Lipinski definition) is 2. The molecule has 0 amide bonds. The molecule has 0 saturated carbocycles. The molecular weight excluding hydrogens is 253 g/mol. The van der Waals surface area contributed by atoms with Crippen LogP contribution in [0.5, 0.6) is 11.5 Å². The van der Waals surface area contributed by atoms with E-state index in [9.17, 15) is 4.39 Å². The van der Waals surface area contributed by atoms with E-state index in [-0.39, 0.29) is 11.6 Å². The Morgan fingerprint density at radius 2 is 1.65 bits per heavy atom. The summed E-state index contributed by atoms with van der Waals surface area (Å²) in [6.45, 7) is 5.97. The number of nitrogens with one attached hydrogen (secondary N) is 1. The van der Waals surface area contributed by atoms with Crippen LogP contribution in [0.2, 0.25) is 0 Å². The third-order valence-corrected chi connectivity index (χ3v) is 2.90. The maximum absolute atomic E-state index is 13.6. The van der Waals surface area contributed by atoms with Crippen molar-refractivity contribution in [2.24, 2.45) is 5.92 Å². The van der Waals surface area contributed by atoms with Crippen molar-refractivity contribution in [3.63, 3.8) is 0 Å². The standard InChI is InChI=1S/C17H20FNO/c1-13(2)11-19-12-14-7-3-5-9-16(14)20-17-10-6-4-8-15(17)18/h3-10,13,19H,11-12H2,1-2H3. The summed E-state index contributed by atoms with van der Waals surface area (Å²) in [6.07, 6.45) is 0. The van der Waals surface area contributed by atoms with Crippen LogP contribution in [0.15, 0.2) is 48.5 Å². The molecule has 106 valence electrons. The van der Waals surface area contributed by atoms with Gasteiger partial charge in [-0.15, -0.1) is 0 Å². The van der Waals surface area contributed by atoms with Crippen LogP contribution in [0, 0.1) is 11.7 Å². The van der Waals surface area contributed by atoms with Crippen molar-refractivity contribution in [1.82, 2.24) is 5.32 Å². The van der Waals surface area contributed by atoms with E-state index in [1.165, 1.54) is 6.07 Å². The predicted octanol–water partition coefficient (Wildman–Crippen LogP) is 4.36. The Bertz CT molecular complexity index is 554. The number of rotatable bonds is 6. The molecule has 0 atom stereocenters. The summed E-state index contributed by atoms with van der Waals surface area (Å²) in [5, 5.41) is 3.37. The molecule has 2 aromatic carbocycles. The van der Waals surface area contributed by atoms with Gasteiger partial charge in [0.25, 0.3) is 0 Å². The lowest BCUT2D eigenvalue weighted by Gasteiger charge is -2.13. The number of benzene rings is 2. The molecule has 0 aliphatic heterocycles. The summed E-state index contributed by atoms with van der Waals surface area (Å²) < 4.78 is 19.3. The van der Waals surface area contributed by atoms with Crippen molar-refractivity contribution in [1.29, 1.82) is 0 Å². The molecule has 0 unspecified atom stereocenters. The second-order valence-corrected chi connectivity index (χ2v) is 5.16. The van der Waals surface area contributed by atoms with Crippen molar-refractivity contribution < 1.29 is 9.13 Å². The van der Waals surface area contributed by atoms with Gasteiger partial charge in [-0.05, 0) is 30.7 Å². The van der Waals surface area contributed by atoms with Crippen LogP contribution in [0.3, 0.4) is 0 Å². The van der Waals surface area contributed by atoms with Gasteiger partial charge in [-0.1, -0.05) is 44.2 Å². The van der Waals surface area contributed by atoms with Gasteiger partial charge in [0.1, 0.15) is 5.75 Å². The van der Waals surface area contributed by atoms with Crippen molar-refractivity contribution in [2.45, 2.75) is 20.4 Å².